The maximum absolute atomic E-state index is 4.91. The Bertz CT molecular complexity index is 83.6. The lowest BCUT2D eigenvalue weighted by Gasteiger charge is -2.12. The van der Waals surface area contributed by atoms with Crippen molar-refractivity contribution in [2.24, 2.45) is 11.8 Å². The van der Waals surface area contributed by atoms with Crippen molar-refractivity contribution in [2.75, 3.05) is 6.61 Å². The molecule has 68 valence electrons. The lowest BCUT2D eigenvalue weighted by atomic mass is 9.95. The first-order valence-corrected chi connectivity index (χ1v) is 4.95. The Hall–Kier alpha value is 0.390. The Kier molecular flexibility index (Phi) is 7.31. The van der Waals surface area contributed by atoms with Crippen LogP contribution in [0, 0.1) is 11.8 Å². The molecule has 0 aromatic rings. The third-order valence-corrected chi connectivity index (χ3v) is 2.07. The van der Waals surface area contributed by atoms with Crippen molar-refractivity contribution >= 4 is 9.47 Å². The molecule has 2 unspecified atom stereocenters. The van der Waals surface area contributed by atoms with Crippen molar-refractivity contribution in [3.8, 4) is 0 Å². The van der Waals surface area contributed by atoms with Crippen molar-refractivity contribution in [1.29, 1.82) is 0 Å². The van der Waals surface area contributed by atoms with Crippen molar-refractivity contribution in [1.82, 2.24) is 0 Å². The van der Waals surface area contributed by atoms with Gasteiger partial charge in [-0.3, -0.25) is 0 Å². The molecule has 11 heavy (non-hydrogen) atoms. The van der Waals surface area contributed by atoms with Crippen LogP contribution in [-0.2, 0) is 4.52 Å². The van der Waals surface area contributed by atoms with Crippen molar-refractivity contribution in [2.45, 2.75) is 40.0 Å². The van der Waals surface area contributed by atoms with Gasteiger partial charge in [-0.1, -0.05) is 20.8 Å². The highest BCUT2D eigenvalue weighted by atomic mass is 31.0. The second-order valence-electron chi connectivity index (χ2n) is 3.75. The molecule has 2 atom stereocenters. The van der Waals surface area contributed by atoms with Gasteiger partial charge in [-0.05, 0) is 31.1 Å². The van der Waals surface area contributed by atoms with Crippen molar-refractivity contribution in [3.05, 3.63) is 0 Å². The first kappa shape index (κ1) is 11.4. The van der Waals surface area contributed by atoms with Crippen LogP contribution >= 0.6 is 9.47 Å². The molecule has 0 aliphatic carbocycles. The number of hydrogen-bond acceptors (Lipinski definition) is 1. The zero-order chi connectivity index (χ0) is 8.69. The molecule has 0 aliphatic rings. The van der Waals surface area contributed by atoms with Gasteiger partial charge in [0, 0.05) is 9.47 Å². The Morgan fingerprint density at radius 1 is 1.27 bits per heavy atom. The molecule has 1 nitrogen and oxygen atoms in total. The summed E-state index contributed by atoms with van der Waals surface area (Å²) in [4.78, 5) is 0. The van der Waals surface area contributed by atoms with E-state index in [9.17, 15) is 0 Å². The van der Waals surface area contributed by atoms with Gasteiger partial charge in [-0.2, -0.15) is 0 Å². The van der Waals surface area contributed by atoms with E-state index in [-0.39, 0.29) is 0 Å². The van der Waals surface area contributed by atoms with Crippen molar-refractivity contribution < 1.29 is 4.52 Å². The highest BCUT2D eigenvalue weighted by Crippen LogP contribution is 2.16. The van der Waals surface area contributed by atoms with Crippen LogP contribution < -0.4 is 0 Å². The first-order valence-electron chi connectivity index (χ1n) is 4.48. The smallest absolute Gasteiger partial charge is 0.0502 e. The molecule has 0 N–H and O–H groups in total. The Balaban J connectivity index is 3.15. The molecule has 0 saturated heterocycles. The maximum atomic E-state index is 4.91. The summed E-state index contributed by atoms with van der Waals surface area (Å²) in [5, 5.41) is 0. The van der Waals surface area contributed by atoms with Gasteiger partial charge in [0.1, 0.15) is 0 Å². The van der Waals surface area contributed by atoms with E-state index in [0.717, 1.165) is 18.4 Å². The van der Waals surface area contributed by atoms with Crippen molar-refractivity contribution in [3.63, 3.8) is 0 Å². The fourth-order valence-electron chi connectivity index (χ4n) is 1.44. The topological polar surface area (TPSA) is 9.23 Å². The Morgan fingerprint density at radius 2 is 1.91 bits per heavy atom. The summed E-state index contributed by atoms with van der Waals surface area (Å²) in [5.41, 5.74) is 0. The standard InChI is InChI=1S/C9H21OP/c1-8(2)7-9(3)5-4-6-10-11/h8-9H,4-7,11H2,1-3H3. The molecule has 0 amide bonds. The zero-order valence-corrected chi connectivity index (χ0v) is 9.12. The van der Waals surface area contributed by atoms with Gasteiger partial charge in [0.15, 0.2) is 0 Å². The largest absolute Gasteiger partial charge is 0.366 e. The van der Waals surface area contributed by atoms with Gasteiger partial charge in [0.05, 0.1) is 6.61 Å². The van der Waals surface area contributed by atoms with E-state index in [0.29, 0.717) is 0 Å². The summed E-state index contributed by atoms with van der Waals surface area (Å²) >= 11 is 0. The highest BCUT2D eigenvalue weighted by Gasteiger charge is 2.03. The normalized spacial score (nSPS) is 13.9. The van der Waals surface area contributed by atoms with Crippen LogP contribution in [0.5, 0.6) is 0 Å². The fraction of sp³-hybridized carbons (Fsp3) is 1.00. The molecule has 0 radical (unpaired) electrons. The molecule has 0 aromatic heterocycles. The Labute approximate surface area is 73.2 Å². The summed E-state index contributed by atoms with van der Waals surface area (Å²) in [7, 11) is 2.30. The van der Waals surface area contributed by atoms with E-state index in [2.05, 4.69) is 30.2 Å². The van der Waals surface area contributed by atoms with Crippen LogP contribution in [0.3, 0.4) is 0 Å². The van der Waals surface area contributed by atoms with Gasteiger partial charge in [0.2, 0.25) is 0 Å². The first-order chi connectivity index (χ1) is 5.16. The van der Waals surface area contributed by atoms with Crippen LogP contribution in [0.25, 0.3) is 0 Å². The summed E-state index contributed by atoms with van der Waals surface area (Å²) in [6.45, 7) is 7.77. The van der Waals surface area contributed by atoms with Gasteiger partial charge in [0.25, 0.3) is 0 Å². The summed E-state index contributed by atoms with van der Waals surface area (Å²) < 4.78 is 4.91. The van der Waals surface area contributed by atoms with Crippen LogP contribution in [0.15, 0.2) is 0 Å². The minimum atomic E-state index is 0.835. The summed E-state index contributed by atoms with van der Waals surface area (Å²) in [5.74, 6) is 1.69. The second-order valence-corrected chi connectivity index (χ2v) is 4.08. The minimum absolute atomic E-state index is 0.835. The molecule has 0 rings (SSSR count). The third kappa shape index (κ3) is 8.29. The lowest BCUT2D eigenvalue weighted by molar-refractivity contribution is 0.322. The van der Waals surface area contributed by atoms with E-state index < -0.39 is 0 Å². The minimum Gasteiger partial charge on any atom is -0.366 e. The Morgan fingerprint density at radius 3 is 2.36 bits per heavy atom. The number of hydrogen-bond donors (Lipinski definition) is 0. The van der Waals surface area contributed by atoms with Crippen LogP contribution in [-0.4, -0.2) is 6.61 Å². The molecular weight excluding hydrogens is 155 g/mol. The van der Waals surface area contributed by atoms with Crippen LogP contribution in [0.1, 0.15) is 40.0 Å². The van der Waals surface area contributed by atoms with E-state index in [1.54, 1.807) is 0 Å². The molecule has 0 aromatic carbocycles. The quantitative estimate of drug-likeness (QED) is 0.446. The summed E-state index contributed by atoms with van der Waals surface area (Å²) in [6, 6.07) is 0. The maximum Gasteiger partial charge on any atom is 0.0502 e. The lowest BCUT2D eigenvalue weighted by Crippen LogP contribution is -2.01. The van der Waals surface area contributed by atoms with E-state index in [4.69, 9.17) is 4.52 Å². The molecule has 0 bridgehead atoms. The fourth-order valence-corrected chi connectivity index (χ4v) is 1.60. The molecule has 0 spiro atoms. The van der Waals surface area contributed by atoms with Gasteiger partial charge in [-0.25, -0.2) is 0 Å². The molecule has 0 heterocycles. The van der Waals surface area contributed by atoms with E-state index in [1.165, 1.54) is 19.3 Å². The summed E-state index contributed by atoms with van der Waals surface area (Å²) in [6.07, 6.45) is 3.83. The van der Waals surface area contributed by atoms with Crippen LogP contribution in [0.2, 0.25) is 0 Å². The molecular formula is C9H21OP. The van der Waals surface area contributed by atoms with Gasteiger partial charge >= 0.3 is 0 Å². The zero-order valence-electron chi connectivity index (χ0n) is 7.97. The molecule has 0 fully saturated rings. The SMILES string of the molecule is CC(C)CC(C)CCCOP. The average molecular weight is 176 g/mol. The third-order valence-electron chi connectivity index (χ3n) is 1.83. The van der Waals surface area contributed by atoms with E-state index in [1.807, 2.05) is 0 Å². The second kappa shape index (κ2) is 7.06. The molecule has 2 heteroatoms. The molecule has 0 saturated carbocycles. The van der Waals surface area contributed by atoms with E-state index >= 15 is 0 Å². The van der Waals surface area contributed by atoms with Gasteiger partial charge in [-0.15, -0.1) is 0 Å². The predicted molar refractivity (Wildman–Crippen MR) is 53.5 cm³/mol. The predicted octanol–water partition coefficient (Wildman–Crippen LogP) is 3.26. The highest BCUT2D eigenvalue weighted by molar-refractivity contribution is 7.09. The van der Waals surface area contributed by atoms with Gasteiger partial charge < -0.3 is 4.52 Å². The average Bonchev–Trinajstić information content (AvgIpc) is 1.86. The number of rotatable bonds is 6. The molecule has 0 aliphatic heterocycles. The monoisotopic (exact) mass is 176 g/mol. The van der Waals surface area contributed by atoms with Crippen LogP contribution in [0.4, 0.5) is 0 Å².